The molecule has 1 aromatic carbocycles. The summed E-state index contributed by atoms with van der Waals surface area (Å²) in [6.45, 7) is 0. The number of benzene rings is 1. The minimum atomic E-state index is 0.278. The normalized spacial score (nSPS) is 10.8. The lowest BCUT2D eigenvalue weighted by Gasteiger charge is -1.97. The van der Waals surface area contributed by atoms with Crippen molar-refractivity contribution < 1.29 is 9.21 Å². The summed E-state index contributed by atoms with van der Waals surface area (Å²) < 4.78 is 6.59. The zero-order chi connectivity index (χ0) is 14.1. The fourth-order valence-electron chi connectivity index (χ4n) is 1.95. The second-order valence-corrected chi connectivity index (χ2v) is 5.20. The van der Waals surface area contributed by atoms with Gasteiger partial charge in [0.15, 0.2) is 5.58 Å². The highest BCUT2D eigenvalue weighted by Gasteiger charge is 2.13. The molecule has 0 aliphatic carbocycles. The van der Waals surface area contributed by atoms with E-state index in [9.17, 15) is 4.79 Å². The van der Waals surface area contributed by atoms with Crippen LogP contribution in [0.1, 0.15) is 5.56 Å². The van der Waals surface area contributed by atoms with Crippen LogP contribution < -0.4 is 5.73 Å². The topological polar surface area (TPSA) is 82.0 Å². The fourth-order valence-corrected chi connectivity index (χ4v) is 2.44. The van der Waals surface area contributed by atoms with Gasteiger partial charge in [-0.2, -0.15) is 0 Å². The molecule has 0 bridgehead atoms. The number of hydrogen-bond acceptors (Lipinski definition) is 5. The van der Waals surface area contributed by atoms with Crippen LogP contribution >= 0.6 is 15.9 Å². The first kappa shape index (κ1) is 12.8. The number of fused-ring (bicyclic) bond motifs is 1. The Hall–Kier alpha value is -2.21. The Balaban J connectivity index is 2.16. The molecule has 0 saturated carbocycles. The van der Waals surface area contributed by atoms with Crippen LogP contribution in [-0.2, 0) is 11.2 Å². The van der Waals surface area contributed by atoms with Crippen LogP contribution in [0.25, 0.3) is 22.7 Å². The molecule has 0 amide bonds. The van der Waals surface area contributed by atoms with E-state index < -0.39 is 0 Å². The first-order chi connectivity index (χ1) is 9.67. The molecule has 0 radical (unpaired) electrons. The maximum atomic E-state index is 10.7. The maximum absolute atomic E-state index is 10.7. The van der Waals surface area contributed by atoms with Gasteiger partial charge in [-0.3, -0.25) is 0 Å². The smallest absolute Gasteiger partial charge is 0.246 e. The number of hydrogen-bond donors (Lipinski definition) is 1. The van der Waals surface area contributed by atoms with Gasteiger partial charge in [0, 0.05) is 16.5 Å². The Kier molecular flexibility index (Phi) is 3.23. The van der Waals surface area contributed by atoms with Crippen molar-refractivity contribution in [2.45, 2.75) is 6.42 Å². The number of anilines is 1. The predicted molar refractivity (Wildman–Crippen MR) is 79.1 cm³/mol. The molecular formula is C14H10BrN3O2. The average molecular weight is 332 g/mol. The minimum absolute atomic E-state index is 0.278. The van der Waals surface area contributed by atoms with Gasteiger partial charge in [-0.15, -0.1) is 0 Å². The lowest BCUT2D eigenvalue weighted by atomic mass is 10.1. The molecule has 6 heteroatoms. The third-order valence-electron chi connectivity index (χ3n) is 2.84. The highest BCUT2D eigenvalue weighted by molar-refractivity contribution is 9.10. The van der Waals surface area contributed by atoms with Gasteiger partial charge in [0.1, 0.15) is 17.5 Å². The van der Waals surface area contributed by atoms with Crippen LogP contribution in [0.3, 0.4) is 0 Å². The third kappa shape index (κ3) is 2.30. The summed E-state index contributed by atoms with van der Waals surface area (Å²) in [5, 5.41) is 0. The van der Waals surface area contributed by atoms with E-state index in [1.165, 1.54) is 0 Å². The summed E-state index contributed by atoms with van der Waals surface area (Å²) >= 11 is 3.40. The summed E-state index contributed by atoms with van der Waals surface area (Å²) in [5.41, 5.74) is 8.86. The Morgan fingerprint density at radius 2 is 2.20 bits per heavy atom. The van der Waals surface area contributed by atoms with E-state index in [2.05, 4.69) is 25.9 Å². The van der Waals surface area contributed by atoms with Crippen molar-refractivity contribution in [2.24, 2.45) is 0 Å². The Morgan fingerprint density at radius 1 is 1.35 bits per heavy atom. The number of rotatable bonds is 3. The van der Waals surface area contributed by atoms with Gasteiger partial charge in [0.05, 0.1) is 11.9 Å². The Labute approximate surface area is 123 Å². The molecule has 2 N–H and O–H groups in total. The molecule has 0 spiro atoms. The van der Waals surface area contributed by atoms with Crippen molar-refractivity contribution in [3.05, 3.63) is 40.5 Å². The van der Waals surface area contributed by atoms with Crippen molar-refractivity contribution in [3.63, 3.8) is 0 Å². The third-order valence-corrected chi connectivity index (χ3v) is 3.30. The van der Waals surface area contributed by atoms with Gasteiger partial charge < -0.3 is 14.9 Å². The van der Waals surface area contributed by atoms with Crippen molar-refractivity contribution in [3.8, 4) is 11.6 Å². The molecule has 0 saturated heterocycles. The second kappa shape index (κ2) is 5.05. The van der Waals surface area contributed by atoms with E-state index in [1.54, 1.807) is 18.3 Å². The van der Waals surface area contributed by atoms with Crippen molar-refractivity contribution in [1.82, 2.24) is 9.97 Å². The number of aldehydes is 1. The number of halogens is 1. The lowest BCUT2D eigenvalue weighted by molar-refractivity contribution is -0.107. The number of nitrogens with two attached hydrogens (primary N) is 1. The lowest BCUT2D eigenvalue weighted by Crippen LogP contribution is -1.87. The molecule has 2 aromatic heterocycles. The largest absolute Gasteiger partial charge is 0.434 e. The van der Waals surface area contributed by atoms with Crippen LogP contribution in [0.4, 0.5) is 5.69 Å². The number of carbonyl (C=O) groups excluding carboxylic acids is 1. The molecule has 0 aliphatic heterocycles. The fraction of sp³-hybridized carbons (Fsp3) is 0.0714. The molecule has 20 heavy (non-hydrogen) atoms. The average Bonchev–Trinajstić information content (AvgIpc) is 2.83. The summed E-state index contributed by atoms with van der Waals surface area (Å²) in [4.78, 5) is 19.3. The monoisotopic (exact) mass is 331 g/mol. The zero-order valence-electron chi connectivity index (χ0n) is 10.3. The minimum Gasteiger partial charge on any atom is -0.434 e. The van der Waals surface area contributed by atoms with Gasteiger partial charge in [-0.25, -0.2) is 9.97 Å². The molecule has 100 valence electrons. The molecule has 0 unspecified atom stereocenters. The Bertz CT molecular complexity index is 781. The molecule has 0 atom stereocenters. The van der Waals surface area contributed by atoms with Gasteiger partial charge >= 0.3 is 0 Å². The highest BCUT2D eigenvalue weighted by Crippen LogP contribution is 2.29. The van der Waals surface area contributed by atoms with Gasteiger partial charge in [0.25, 0.3) is 0 Å². The van der Waals surface area contributed by atoms with E-state index >= 15 is 0 Å². The van der Waals surface area contributed by atoms with Crippen LogP contribution in [0, 0.1) is 0 Å². The maximum Gasteiger partial charge on any atom is 0.246 e. The summed E-state index contributed by atoms with van der Waals surface area (Å²) in [6.07, 6.45) is 2.66. The highest BCUT2D eigenvalue weighted by atomic mass is 79.9. The van der Waals surface area contributed by atoms with E-state index in [4.69, 9.17) is 10.2 Å². The SMILES string of the molecule is Nc1ccc(-c2nc3cc(Br)cc(CC=O)c3o2)nc1. The number of nitrogen functional groups attached to an aromatic ring is 1. The summed E-state index contributed by atoms with van der Waals surface area (Å²) in [7, 11) is 0. The van der Waals surface area contributed by atoms with Crippen molar-refractivity contribution in [2.75, 3.05) is 5.73 Å². The number of aromatic nitrogens is 2. The van der Waals surface area contributed by atoms with Crippen molar-refractivity contribution in [1.29, 1.82) is 0 Å². The number of pyridine rings is 1. The van der Waals surface area contributed by atoms with Crippen LogP contribution in [-0.4, -0.2) is 16.3 Å². The van der Waals surface area contributed by atoms with E-state index in [-0.39, 0.29) is 6.42 Å². The quantitative estimate of drug-likeness (QED) is 0.746. The van der Waals surface area contributed by atoms with Crippen LogP contribution in [0.2, 0.25) is 0 Å². The Morgan fingerprint density at radius 3 is 2.90 bits per heavy atom. The number of carbonyl (C=O) groups is 1. The molecule has 3 rings (SSSR count). The van der Waals surface area contributed by atoms with Crippen LogP contribution in [0.5, 0.6) is 0 Å². The standard InChI is InChI=1S/C14H10BrN3O2/c15-9-5-8(3-4-19)13-12(6-9)18-14(20-13)11-2-1-10(16)7-17-11/h1-2,4-7H,3,16H2. The second-order valence-electron chi connectivity index (χ2n) is 4.28. The molecule has 0 fully saturated rings. The van der Waals surface area contributed by atoms with E-state index in [0.717, 1.165) is 16.3 Å². The van der Waals surface area contributed by atoms with Crippen molar-refractivity contribution >= 4 is 39.0 Å². The summed E-state index contributed by atoms with van der Waals surface area (Å²) in [5.74, 6) is 0.408. The van der Waals surface area contributed by atoms with Gasteiger partial charge in [-0.05, 0) is 24.3 Å². The summed E-state index contributed by atoms with van der Waals surface area (Å²) in [6, 6.07) is 7.17. The first-order valence-corrected chi connectivity index (χ1v) is 6.71. The molecule has 5 nitrogen and oxygen atoms in total. The molecular weight excluding hydrogens is 322 g/mol. The predicted octanol–water partition coefficient (Wildman–Crippen LogP) is 2.98. The molecule has 3 aromatic rings. The number of oxazole rings is 1. The molecule has 0 aliphatic rings. The zero-order valence-corrected chi connectivity index (χ0v) is 11.9. The van der Waals surface area contributed by atoms with Gasteiger partial charge in [-0.1, -0.05) is 15.9 Å². The van der Waals surface area contributed by atoms with Gasteiger partial charge in [0.2, 0.25) is 5.89 Å². The van der Waals surface area contributed by atoms with E-state index in [1.807, 2.05) is 12.1 Å². The number of nitrogens with zero attached hydrogens (tertiary/aromatic N) is 2. The van der Waals surface area contributed by atoms with Crippen LogP contribution in [0.15, 0.2) is 39.4 Å². The molecule has 2 heterocycles. The first-order valence-electron chi connectivity index (χ1n) is 5.92. The van der Waals surface area contributed by atoms with E-state index in [0.29, 0.717) is 28.4 Å².